The van der Waals surface area contributed by atoms with E-state index in [1.807, 2.05) is 23.2 Å². The fraction of sp³-hybridized carbons (Fsp3) is 0.185. The number of halogens is 1. The lowest BCUT2D eigenvalue weighted by Gasteiger charge is -2.29. The van der Waals surface area contributed by atoms with Crippen molar-refractivity contribution in [2.75, 3.05) is 13.1 Å². The third-order valence-corrected chi connectivity index (χ3v) is 8.08. The first kappa shape index (κ1) is 19.0. The Bertz CT molecular complexity index is 1660. The Balaban J connectivity index is 1.40. The van der Waals surface area contributed by atoms with Gasteiger partial charge in [0.05, 0.1) is 29.3 Å². The number of aromatic nitrogens is 5. The van der Waals surface area contributed by atoms with Gasteiger partial charge in [-0.2, -0.15) is 5.10 Å². The lowest BCUT2D eigenvalue weighted by atomic mass is 9.87. The molecule has 0 radical (unpaired) electrons. The topological polar surface area (TPSA) is 68.8 Å². The number of piperidine rings is 1. The second kappa shape index (κ2) is 6.41. The van der Waals surface area contributed by atoms with Crippen molar-refractivity contribution in [1.29, 1.82) is 0 Å². The molecule has 2 aromatic heterocycles. The van der Waals surface area contributed by atoms with Gasteiger partial charge in [0, 0.05) is 29.8 Å². The first-order valence-electron chi connectivity index (χ1n) is 11.7. The zero-order valence-electron chi connectivity index (χ0n) is 18.5. The minimum atomic E-state index is -0.294. The van der Waals surface area contributed by atoms with Gasteiger partial charge in [0.15, 0.2) is 5.69 Å². The van der Waals surface area contributed by atoms with Crippen LogP contribution >= 0.6 is 0 Å². The van der Waals surface area contributed by atoms with E-state index < -0.39 is 0 Å². The smallest absolute Gasteiger partial charge is 0.274 e. The average molecular weight is 462 g/mol. The second-order valence-corrected chi connectivity index (χ2v) is 9.71. The van der Waals surface area contributed by atoms with Crippen molar-refractivity contribution in [1.82, 2.24) is 29.7 Å². The summed E-state index contributed by atoms with van der Waals surface area (Å²) in [6.45, 7) is 1.39. The van der Waals surface area contributed by atoms with E-state index in [2.05, 4.69) is 45.7 Å². The van der Waals surface area contributed by atoms with Crippen LogP contribution in [0, 0.1) is 11.7 Å². The van der Waals surface area contributed by atoms with E-state index in [1.54, 1.807) is 27.7 Å². The molecule has 3 aromatic carbocycles. The number of nitrogens with zero attached hydrogens (tertiary/aromatic N) is 6. The zero-order valence-corrected chi connectivity index (χ0v) is 18.5. The van der Waals surface area contributed by atoms with Crippen LogP contribution in [-0.4, -0.2) is 48.7 Å². The molecule has 3 atom stereocenters. The van der Waals surface area contributed by atoms with Gasteiger partial charge in [0.25, 0.3) is 5.91 Å². The molecule has 1 spiro atoms. The molecule has 4 heterocycles. The van der Waals surface area contributed by atoms with Gasteiger partial charge in [0.2, 0.25) is 0 Å². The standard InChI is InChI=1S/C27H19FN6O/c28-18-6-8-19(9-7-18)33-22-11-23-20(10-17(22)12-30-33)27-15-32(26(35)24-13-29-31-34(23)24)14-21(27)25(27)16-4-2-1-3-5-16/h1-13,21,25H,14-15H2/t21-,25-,27+/m1/s1. The highest BCUT2D eigenvalue weighted by molar-refractivity contribution is 5.95. The van der Waals surface area contributed by atoms with Crippen LogP contribution in [0.5, 0.6) is 0 Å². The molecular formula is C27H19FN6O. The summed E-state index contributed by atoms with van der Waals surface area (Å²) >= 11 is 0. The molecule has 1 saturated carbocycles. The summed E-state index contributed by atoms with van der Waals surface area (Å²) in [7, 11) is 0. The summed E-state index contributed by atoms with van der Waals surface area (Å²) in [5.41, 5.74) is 5.24. The molecule has 3 aliphatic rings. The molecule has 8 heteroatoms. The van der Waals surface area contributed by atoms with Crippen LogP contribution in [0.2, 0.25) is 0 Å². The Labute approximate surface area is 199 Å². The highest BCUT2D eigenvalue weighted by Crippen LogP contribution is 2.70. The molecule has 2 aliphatic heterocycles. The van der Waals surface area contributed by atoms with Crippen LogP contribution in [0.25, 0.3) is 22.3 Å². The van der Waals surface area contributed by atoms with E-state index in [4.69, 9.17) is 0 Å². The summed E-state index contributed by atoms with van der Waals surface area (Å²) < 4.78 is 17.0. The van der Waals surface area contributed by atoms with E-state index >= 15 is 0 Å². The third-order valence-electron chi connectivity index (χ3n) is 8.08. The molecule has 7 nitrogen and oxygen atoms in total. The second-order valence-electron chi connectivity index (χ2n) is 9.71. The highest BCUT2D eigenvalue weighted by Gasteiger charge is 2.71. The van der Waals surface area contributed by atoms with E-state index in [1.165, 1.54) is 23.3 Å². The number of carbonyl (C=O) groups is 1. The SMILES string of the molecule is O=C1c2cnnn2-c2cc3c(cnn3-c3ccc(F)cc3)cc2[C@@]23CN1C[C@@H]2[C@H]3c1ccccc1. The van der Waals surface area contributed by atoms with Gasteiger partial charge in [-0.3, -0.25) is 4.79 Å². The molecule has 0 N–H and O–H groups in total. The van der Waals surface area contributed by atoms with Crippen LogP contribution < -0.4 is 0 Å². The van der Waals surface area contributed by atoms with Crippen molar-refractivity contribution in [3.63, 3.8) is 0 Å². The minimum absolute atomic E-state index is 0.0359. The summed E-state index contributed by atoms with van der Waals surface area (Å²) in [4.78, 5) is 15.4. The number of hydrogen-bond donors (Lipinski definition) is 0. The monoisotopic (exact) mass is 462 g/mol. The number of rotatable bonds is 2. The van der Waals surface area contributed by atoms with Crippen LogP contribution in [0.1, 0.15) is 27.5 Å². The van der Waals surface area contributed by atoms with Crippen molar-refractivity contribution in [2.24, 2.45) is 5.92 Å². The van der Waals surface area contributed by atoms with E-state index in [9.17, 15) is 9.18 Å². The van der Waals surface area contributed by atoms with Crippen molar-refractivity contribution < 1.29 is 9.18 Å². The average Bonchev–Trinajstić information content (AvgIpc) is 3.34. The fourth-order valence-electron chi connectivity index (χ4n) is 6.54. The summed E-state index contributed by atoms with van der Waals surface area (Å²) in [5, 5.41) is 14.0. The van der Waals surface area contributed by atoms with Crippen molar-refractivity contribution in [3.05, 3.63) is 102 Å². The number of amides is 1. The number of hydrogen-bond acceptors (Lipinski definition) is 4. The number of fused-ring (bicyclic) bond motifs is 5. The molecule has 0 unspecified atom stereocenters. The van der Waals surface area contributed by atoms with E-state index in [-0.39, 0.29) is 17.1 Å². The van der Waals surface area contributed by atoms with Crippen molar-refractivity contribution in [2.45, 2.75) is 11.3 Å². The lowest BCUT2D eigenvalue weighted by molar-refractivity contribution is 0.0757. The maximum Gasteiger partial charge on any atom is 0.274 e. The Morgan fingerprint density at radius 3 is 2.63 bits per heavy atom. The quantitative estimate of drug-likeness (QED) is 0.400. The van der Waals surface area contributed by atoms with Gasteiger partial charge < -0.3 is 4.90 Å². The molecule has 1 saturated heterocycles. The Morgan fingerprint density at radius 2 is 1.80 bits per heavy atom. The van der Waals surface area contributed by atoms with Gasteiger partial charge in [-0.1, -0.05) is 35.5 Å². The largest absolute Gasteiger partial charge is 0.336 e. The molecule has 5 aromatic rings. The fourth-order valence-corrected chi connectivity index (χ4v) is 6.54. The van der Waals surface area contributed by atoms with Crippen LogP contribution in [0.3, 0.4) is 0 Å². The minimum Gasteiger partial charge on any atom is -0.336 e. The summed E-state index contributed by atoms with van der Waals surface area (Å²) in [6, 6.07) is 21.1. The number of carbonyl (C=O) groups excluding carboxylic acids is 1. The van der Waals surface area contributed by atoms with Gasteiger partial charge in [-0.25, -0.2) is 13.8 Å². The van der Waals surface area contributed by atoms with Crippen molar-refractivity contribution in [3.8, 4) is 11.4 Å². The van der Waals surface area contributed by atoms with Gasteiger partial charge in [-0.05, 0) is 53.4 Å². The van der Waals surface area contributed by atoms with E-state index in [0.29, 0.717) is 24.1 Å². The molecule has 1 aliphatic carbocycles. The Morgan fingerprint density at radius 1 is 0.971 bits per heavy atom. The number of benzene rings is 3. The maximum absolute atomic E-state index is 13.5. The first-order chi connectivity index (χ1) is 17.1. The lowest BCUT2D eigenvalue weighted by Crippen LogP contribution is -2.37. The first-order valence-corrected chi connectivity index (χ1v) is 11.7. The van der Waals surface area contributed by atoms with Crippen LogP contribution in [0.15, 0.2) is 79.1 Å². The van der Waals surface area contributed by atoms with E-state index in [0.717, 1.165) is 28.8 Å². The summed E-state index contributed by atoms with van der Waals surface area (Å²) in [5.74, 6) is 0.347. The highest BCUT2D eigenvalue weighted by atomic mass is 19.1. The molecule has 170 valence electrons. The van der Waals surface area contributed by atoms with Gasteiger partial charge in [-0.15, -0.1) is 5.10 Å². The molecule has 35 heavy (non-hydrogen) atoms. The molecule has 1 amide bonds. The molecular weight excluding hydrogens is 443 g/mol. The normalized spacial score (nSPS) is 24.0. The molecule has 2 fully saturated rings. The predicted molar refractivity (Wildman–Crippen MR) is 126 cm³/mol. The van der Waals surface area contributed by atoms with Gasteiger partial charge >= 0.3 is 0 Å². The van der Waals surface area contributed by atoms with Crippen molar-refractivity contribution >= 4 is 16.8 Å². The van der Waals surface area contributed by atoms with Gasteiger partial charge in [0.1, 0.15) is 5.82 Å². The maximum atomic E-state index is 13.5. The molecule has 2 bridgehead atoms. The zero-order chi connectivity index (χ0) is 23.3. The van der Waals surface area contributed by atoms with Crippen LogP contribution in [-0.2, 0) is 5.41 Å². The predicted octanol–water partition coefficient (Wildman–Crippen LogP) is 3.87. The molecule has 8 rings (SSSR count). The Kier molecular flexibility index (Phi) is 3.49. The third kappa shape index (κ3) is 2.38. The Hall–Kier alpha value is -4.33. The summed E-state index contributed by atoms with van der Waals surface area (Å²) in [6.07, 6.45) is 3.40. The van der Waals surface area contributed by atoms with Crippen LogP contribution in [0.4, 0.5) is 4.39 Å².